The minimum Gasteiger partial charge on any atom is -0.508 e. The number of hydrogen-bond donors (Lipinski definition) is 2. The molecule has 3 rings (SSSR count). The van der Waals surface area contributed by atoms with E-state index in [9.17, 15) is 0 Å². The van der Waals surface area contributed by atoms with Gasteiger partial charge in [-0.15, -0.1) is 0 Å². The lowest BCUT2D eigenvalue weighted by atomic mass is 9.88. The first-order valence-electron chi connectivity index (χ1n) is 9.79. The predicted octanol–water partition coefficient (Wildman–Crippen LogP) is 6.64. The lowest BCUT2D eigenvalue weighted by Crippen LogP contribution is -2.36. The smallest absolute Gasteiger partial charge is 0.131 e. The van der Waals surface area contributed by atoms with Crippen LogP contribution in [-0.2, 0) is 15.9 Å². The first-order valence-corrected chi connectivity index (χ1v) is 9.79. The molecule has 0 aliphatic rings. The van der Waals surface area contributed by atoms with E-state index in [0.29, 0.717) is 0 Å². The van der Waals surface area contributed by atoms with Crippen LogP contribution in [0.15, 0.2) is 136 Å². The molecule has 3 heteroatoms. The fourth-order valence-electron chi connectivity index (χ4n) is 3.05. The zero-order chi connectivity index (χ0) is 22.7. The molecule has 0 unspecified atom stereocenters. The molecule has 3 aromatic carbocycles. The fraction of sp³-hybridized carbons (Fsp3) is 0.0714. The average Bonchev–Trinajstić information content (AvgIpc) is 2.84. The Bertz CT molecular complexity index is 891. The molecule has 0 aromatic heterocycles. The SMILES string of the molecule is C=CC(C=C)(OC(C=C)(C=C)c1ccccc1)c1ccccc1.Oc1ccc(O)cc1. The second-order valence-corrected chi connectivity index (χ2v) is 6.75. The molecule has 0 heterocycles. The van der Waals surface area contributed by atoms with E-state index >= 15 is 0 Å². The summed E-state index contributed by atoms with van der Waals surface area (Å²) in [6.07, 6.45) is 7.00. The van der Waals surface area contributed by atoms with Crippen LogP contribution in [0.3, 0.4) is 0 Å². The summed E-state index contributed by atoms with van der Waals surface area (Å²) >= 11 is 0. The lowest BCUT2D eigenvalue weighted by molar-refractivity contribution is -0.0627. The van der Waals surface area contributed by atoms with Crippen molar-refractivity contribution in [2.45, 2.75) is 11.2 Å². The second kappa shape index (κ2) is 10.8. The Balaban J connectivity index is 0.000000357. The Kier molecular flexibility index (Phi) is 8.18. The van der Waals surface area contributed by atoms with Crippen LogP contribution in [0.25, 0.3) is 0 Å². The number of ether oxygens (including phenoxy) is 1. The van der Waals surface area contributed by atoms with Crippen LogP contribution in [0.4, 0.5) is 0 Å². The summed E-state index contributed by atoms with van der Waals surface area (Å²) in [4.78, 5) is 0. The van der Waals surface area contributed by atoms with Crippen LogP contribution in [0.2, 0.25) is 0 Å². The van der Waals surface area contributed by atoms with Gasteiger partial charge in [0.2, 0.25) is 0 Å². The molecule has 158 valence electrons. The van der Waals surface area contributed by atoms with Crippen molar-refractivity contribution >= 4 is 0 Å². The molecule has 0 radical (unpaired) electrons. The van der Waals surface area contributed by atoms with Crippen LogP contribution in [0.1, 0.15) is 11.1 Å². The van der Waals surface area contributed by atoms with E-state index in [-0.39, 0.29) is 11.5 Å². The molecule has 0 aliphatic carbocycles. The molecular weight excluding hydrogens is 384 g/mol. The van der Waals surface area contributed by atoms with Gasteiger partial charge in [0.25, 0.3) is 0 Å². The Morgan fingerprint density at radius 2 is 0.806 bits per heavy atom. The van der Waals surface area contributed by atoms with E-state index in [2.05, 4.69) is 26.3 Å². The van der Waals surface area contributed by atoms with Crippen LogP contribution in [-0.4, -0.2) is 10.2 Å². The fourth-order valence-corrected chi connectivity index (χ4v) is 3.05. The maximum absolute atomic E-state index is 8.65. The molecule has 2 N–H and O–H groups in total. The Morgan fingerprint density at radius 1 is 0.516 bits per heavy atom. The molecule has 0 saturated carbocycles. The third-order valence-corrected chi connectivity index (χ3v) is 4.85. The molecule has 3 aromatic rings. The highest BCUT2D eigenvalue weighted by Crippen LogP contribution is 2.39. The number of phenols is 2. The van der Waals surface area contributed by atoms with E-state index in [1.165, 1.54) is 24.3 Å². The lowest BCUT2D eigenvalue weighted by Gasteiger charge is -2.38. The number of phenolic OH excluding ortho intramolecular Hbond substituents is 2. The van der Waals surface area contributed by atoms with E-state index in [1.54, 1.807) is 24.3 Å². The zero-order valence-corrected chi connectivity index (χ0v) is 17.5. The van der Waals surface area contributed by atoms with Gasteiger partial charge in [-0.25, -0.2) is 0 Å². The Labute approximate surface area is 184 Å². The molecule has 3 nitrogen and oxygen atoms in total. The van der Waals surface area contributed by atoms with Gasteiger partial charge in [0.15, 0.2) is 0 Å². The van der Waals surface area contributed by atoms with Crippen molar-refractivity contribution in [1.82, 2.24) is 0 Å². The molecule has 31 heavy (non-hydrogen) atoms. The zero-order valence-electron chi connectivity index (χ0n) is 17.5. The highest BCUT2D eigenvalue weighted by atomic mass is 16.5. The second-order valence-electron chi connectivity index (χ2n) is 6.75. The van der Waals surface area contributed by atoms with Crippen LogP contribution >= 0.6 is 0 Å². The molecule has 0 atom stereocenters. The first-order chi connectivity index (χ1) is 14.9. The van der Waals surface area contributed by atoms with E-state index in [4.69, 9.17) is 14.9 Å². The summed E-state index contributed by atoms with van der Waals surface area (Å²) in [7, 11) is 0. The topological polar surface area (TPSA) is 49.7 Å². The minimum absolute atomic E-state index is 0.169. The summed E-state index contributed by atoms with van der Waals surface area (Å²) in [5.74, 6) is 0.339. The summed E-state index contributed by atoms with van der Waals surface area (Å²) < 4.78 is 6.52. The van der Waals surface area contributed by atoms with Gasteiger partial charge in [0.05, 0.1) is 0 Å². The minimum atomic E-state index is -0.848. The van der Waals surface area contributed by atoms with Gasteiger partial charge >= 0.3 is 0 Å². The average molecular weight is 413 g/mol. The standard InChI is InChI=1S/C22H22O.C6H6O2/c1-5-21(6-2,19-15-11-9-12-16-19)23-22(7-3,8-4)20-17-13-10-14-18-20;7-5-1-2-6(8)4-3-5/h5-18H,1-4H2;1-4,7-8H. The largest absolute Gasteiger partial charge is 0.508 e. The van der Waals surface area contributed by atoms with Crippen molar-refractivity contribution in [1.29, 1.82) is 0 Å². The number of benzene rings is 3. The molecule has 0 amide bonds. The quantitative estimate of drug-likeness (QED) is 0.322. The summed E-state index contributed by atoms with van der Waals surface area (Å²) in [6.45, 7) is 15.8. The molecule has 0 spiro atoms. The van der Waals surface area contributed by atoms with E-state index < -0.39 is 11.2 Å². The van der Waals surface area contributed by atoms with Gasteiger partial charge in [-0.05, 0) is 35.4 Å². The van der Waals surface area contributed by atoms with E-state index in [1.807, 2.05) is 60.7 Å². The molecule has 0 aliphatic heterocycles. The first kappa shape index (κ1) is 23.5. The number of aromatic hydroxyl groups is 2. The summed E-state index contributed by atoms with van der Waals surface area (Å²) in [5, 5.41) is 17.3. The third kappa shape index (κ3) is 5.62. The highest BCUT2D eigenvalue weighted by molar-refractivity contribution is 5.37. The van der Waals surface area contributed by atoms with Crippen LogP contribution < -0.4 is 0 Å². The third-order valence-electron chi connectivity index (χ3n) is 4.85. The predicted molar refractivity (Wildman–Crippen MR) is 128 cm³/mol. The van der Waals surface area contributed by atoms with Gasteiger partial charge < -0.3 is 14.9 Å². The number of hydrogen-bond acceptors (Lipinski definition) is 3. The molecule has 0 bridgehead atoms. The van der Waals surface area contributed by atoms with Gasteiger partial charge in [0.1, 0.15) is 22.7 Å². The highest BCUT2D eigenvalue weighted by Gasteiger charge is 2.37. The summed E-state index contributed by atoms with van der Waals surface area (Å²) in [6, 6.07) is 25.5. The Morgan fingerprint density at radius 3 is 1.06 bits per heavy atom. The Hall–Kier alpha value is -3.82. The van der Waals surface area contributed by atoms with Crippen molar-refractivity contribution in [2.75, 3.05) is 0 Å². The number of rotatable bonds is 8. The van der Waals surface area contributed by atoms with Gasteiger partial charge in [-0.2, -0.15) is 0 Å². The normalized spacial score (nSPS) is 10.8. The van der Waals surface area contributed by atoms with Gasteiger partial charge in [0, 0.05) is 0 Å². The van der Waals surface area contributed by atoms with Crippen molar-refractivity contribution in [3.8, 4) is 11.5 Å². The molecule has 0 saturated heterocycles. The summed E-state index contributed by atoms with van der Waals surface area (Å²) in [5.41, 5.74) is 0.210. The molecular formula is C28H28O3. The van der Waals surface area contributed by atoms with Crippen molar-refractivity contribution in [3.63, 3.8) is 0 Å². The van der Waals surface area contributed by atoms with Gasteiger partial charge in [-0.3, -0.25) is 0 Å². The van der Waals surface area contributed by atoms with Crippen molar-refractivity contribution in [2.24, 2.45) is 0 Å². The van der Waals surface area contributed by atoms with Crippen LogP contribution in [0, 0.1) is 0 Å². The van der Waals surface area contributed by atoms with Crippen LogP contribution in [0.5, 0.6) is 11.5 Å². The van der Waals surface area contributed by atoms with Gasteiger partial charge in [-0.1, -0.05) is 111 Å². The maximum atomic E-state index is 8.65. The maximum Gasteiger partial charge on any atom is 0.131 e. The van der Waals surface area contributed by atoms with E-state index in [0.717, 1.165) is 11.1 Å². The van der Waals surface area contributed by atoms with Crippen molar-refractivity contribution in [3.05, 3.63) is 147 Å². The van der Waals surface area contributed by atoms with Crippen molar-refractivity contribution < 1.29 is 14.9 Å². The monoisotopic (exact) mass is 412 g/mol. The molecule has 0 fully saturated rings.